The largest absolute Gasteiger partial charge is 0.488 e. The minimum atomic E-state index is -0.0714. The molecule has 4 nitrogen and oxygen atoms in total. The van der Waals surface area contributed by atoms with Gasteiger partial charge in [0.15, 0.2) is 0 Å². The van der Waals surface area contributed by atoms with E-state index in [-0.39, 0.29) is 12.0 Å². The van der Waals surface area contributed by atoms with E-state index < -0.39 is 0 Å². The smallest absolute Gasteiger partial charge is 0.221 e. The molecule has 1 aliphatic heterocycles. The molecule has 1 N–H and O–H groups in total. The fourth-order valence-electron chi connectivity index (χ4n) is 1.62. The molecule has 86 valence electrons. The molecule has 0 aliphatic carbocycles. The van der Waals surface area contributed by atoms with E-state index in [2.05, 4.69) is 5.32 Å². The highest BCUT2D eigenvalue weighted by Crippen LogP contribution is 2.19. The molecule has 1 amide bonds. The fourth-order valence-corrected chi connectivity index (χ4v) is 1.62. The van der Waals surface area contributed by atoms with E-state index in [0.717, 1.165) is 24.5 Å². The molecule has 0 aromatic heterocycles. The average Bonchev–Trinajstić information content (AvgIpc) is 2.73. The van der Waals surface area contributed by atoms with Gasteiger partial charge in [-0.2, -0.15) is 0 Å². The van der Waals surface area contributed by atoms with Gasteiger partial charge in [0.05, 0.1) is 13.2 Å². The lowest BCUT2D eigenvalue weighted by Crippen LogP contribution is -2.15. The number of carbonyl (C=O) groups excluding carboxylic acids is 1. The van der Waals surface area contributed by atoms with Crippen molar-refractivity contribution >= 4 is 11.6 Å². The van der Waals surface area contributed by atoms with Crippen LogP contribution in [0.3, 0.4) is 0 Å². The summed E-state index contributed by atoms with van der Waals surface area (Å²) in [7, 11) is 0. The van der Waals surface area contributed by atoms with E-state index >= 15 is 0 Å². The van der Waals surface area contributed by atoms with Gasteiger partial charge >= 0.3 is 0 Å². The molecule has 1 saturated heterocycles. The number of ether oxygens (including phenoxy) is 2. The van der Waals surface area contributed by atoms with Gasteiger partial charge in [-0.25, -0.2) is 0 Å². The van der Waals surface area contributed by atoms with Gasteiger partial charge in [0.2, 0.25) is 5.91 Å². The molecule has 1 atom stereocenters. The number of anilines is 1. The third-order valence-corrected chi connectivity index (χ3v) is 2.37. The second-order valence-corrected chi connectivity index (χ2v) is 3.81. The van der Waals surface area contributed by atoms with Crippen molar-refractivity contribution < 1.29 is 14.3 Å². The molecule has 1 aromatic rings. The van der Waals surface area contributed by atoms with Crippen LogP contribution in [0.1, 0.15) is 13.3 Å². The Hall–Kier alpha value is -1.55. The molecule has 0 bridgehead atoms. The summed E-state index contributed by atoms with van der Waals surface area (Å²) < 4.78 is 10.9. The highest BCUT2D eigenvalue weighted by Gasteiger charge is 2.16. The molecule has 4 heteroatoms. The summed E-state index contributed by atoms with van der Waals surface area (Å²) in [5.74, 6) is 0.738. The van der Waals surface area contributed by atoms with Crippen LogP contribution < -0.4 is 10.1 Å². The number of benzene rings is 1. The van der Waals surface area contributed by atoms with Crippen LogP contribution in [-0.2, 0) is 9.53 Å². The van der Waals surface area contributed by atoms with E-state index in [1.807, 2.05) is 24.3 Å². The van der Waals surface area contributed by atoms with Gasteiger partial charge in [-0.05, 0) is 24.3 Å². The van der Waals surface area contributed by atoms with Crippen LogP contribution >= 0.6 is 0 Å². The van der Waals surface area contributed by atoms with Crippen molar-refractivity contribution in [1.29, 1.82) is 0 Å². The monoisotopic (exact) mass is 221 g/mol. The summed E-state index contributed by atoms with van der Waals surface area (Å²) in [5.41, 5.74) is 0.780. The number of carbonyl (C=O) groups is 1. The highest BCUT2D eigenvalue weighted by molar-refractivity contribution is 5.88. The van der Waals surface area contributed by atoms with Crippen LogP contribution in [0, 0.1) is 0 Å². The molecule has 1 heterocycles. The zero-order valence-electron chi connectivity index (χ0n) is 9.23. The lowest BCUT2D eigenvalue weighted by Gasteiger charge is -2.12. The van der Waals surface area contributed by atoms with Crippen molar-refractivity contribution in [3.8, 4) is 5.75 Å². The Morgan fingerprint density at radius 1 is 1.44 bits per heavy atom. The van der Waals surface area contributed by atoms with Gasteiger partial charge in [-0.15, -0.1) is 0 Å². The molecule has 16 heavy (non-hydrogen) atoms. The second kappa shape index (κ2) is 4.99. The first-order valence-electron chi connectivity index (χ1n) is 5.36. The standard InChI is InChI=1S/C12H15NO3/c1-9(14)13-10-2-4-11(5-3-10)16-12-6-7-15-8-12/h2-5,12H,6-8H2,1H3,(H,13,14). The summed E-state index contributed by atoms with van der Waals surface area (Å²) in [6.07, 6.45) is 1.10. The van der Waals surface area contributed by atoms with Gasteiger partial charge in [0.1, 0.15) is 11.9 Å². The van der Waals surface area contributed by atoms with Gasteiger partial charge in [0.25, 0.3) is 0 Å². The Labute approximate surface area is 94.6 Å². The number of hydrogen-bond acceptors (Lipinski definition) is 3. The third-order valence-electron chi connectivity index (χ3n) is 2.37. The minimum absolute atomic E-state index is 0.0714. The molecule has 1 aliphatic rings. The SMILES string of the molecule is CC(=O)Nc1ccc(OC2CCOC2)cc1. The van der Waals surface area contributed by atoms with Gasteiger partial charge in [0, 0.05) is 19.0 Å². The Morgan fingerprint density at radius 3 is 2.75 bits per heavy atom. The average molecular weight is 221 g/mol. The molecular formula is C12H15NO3. The summed E-state index contributed by atoms with van der Waals surface area (Å²) in [6, 6.07) is 7.35. The first-order chi connectivity index (χ1) is 7.74. The van der Waals surface area contributed by atoms with E-state index in [9.17, 15) is 4.79 Å². The van der Waals surface area contributed by atoms with Crippen molar-refractivity contribution in [2.75, 3.05) is 18.5 Å². The van der Waals surface area contributed by atoms with Crippen molar-refractivity contribution in [1.82, 2.24) is 0 Å². The second-order valence-electron chi connectivity index (χ2n) is 3.81. The number of hydrogen-bond donors (Lipinski definition) is 1. The van der Waals surface area contributed by atoms with Crippen molar-refractivity contribution in [2.45, 2.75) is 19.4 Å². The van der Waals surface area contributed by atoms with Crippen LogP contribution in [0.4, 0.5) is 5.69 Å². The summed E-state index contributed by atoms with van der Waals surface area (Å²) in [5, 5.41) is 2.71. The number of rotatable bonds is 3. The maximum atomic E-state index is 10.8. The predicted octanol–water partition coefficient (Wildman–Crippen LogP) is 1.81. The third kappa shape index (κ3) is 2.97. The molecule has 1 fully saturated rings. The zero-order valence-corrected chi connectivity index (χ0v) is 9.23. The predicted molar refractivity (Wildman–Crippen MR) is 60.6 cm³/mol. The van der Waals surface area contributed by atoms with Crippen LogP contribution in [0.25, 0.3) is 0 Å². The van der Waals surface area contributed by atoms with Crippen molar-refractivity contribution in [3.05, 3.63) is 24.3 Å². The topological polar surface area (TPSA) is 47.6 Å². The van der Waals surface area contributed by atoms with Crippen LogP contribution in [0.2, 0.25) is 0 Å². The highest BCUT2D eigenvalue weighted by atomic mass is 16.5. The normalized spacial score (nSPS) is 19.4. The van der Waals surface area contributed by atoms with Crippen LogP contribution in [0.5, 0.6) is 5.75 Å². The first-order valence-corrected chi connectivity index (χ1v) is 5.36. The summed E-state index contributed by atoms with van der Waals surface area (Å²) in [4.78, 5) is 10.8. The van der Waals surface area contributed by atoms with Gasteiger partial charge in [-0.3, -0.25) is 4.79 Å². The summed E-state index contributed by atoms with van der Waals surface area (Å²) in [6.45, 7) is 2.92. The first kappa shape index (κ1) is 11.0. The van der Waals surface area contributed by atoms with E-state index in [4.69, 9.17) is 9.47 Å². The summed E-state index contributed by atoms with van der Waals surface area (Å²) >= 11 is 0. The molecule has 0 spiro atoms. The minimum Gasteiger partial charge on any atom is -0.488 e. The Balaban J connectivity index is 1.93. The maximum absolute atomic E-state index is 10.8. The quantitative estimate of drug-likeness (QED) is 0.846. The van der Waals surface area contributed by atoms with Crippen LogP contribution in [0.15, 0.2) is 24.3 Å². The van der Waals surface area contributed by atoms with Crippen LogP contribution in [-0.4, -0.2) is 25.2 Å². The van der Waals surface area contributed by atoms with Gasteiger partial charge < -0.3 is 14.8 Å². The lowest BCUT2D eigenvalue weighted by molar-refractivity contribution is -0.114. The Bertz CT molecular complexity index is 355. The molecule has 1 unspecified atom stereocenters. The lowest BCUT2D eigenvalue weighted by atomic mass is 10.3. The molecule has 0 radical (unpaired) electrons. The molecule has 0 saturated carbocycles. The number of amides is 1. The maximum Gasteiger partial charge on any atom is 0.221 e. The molecule has 1 aromatic carbocycles. The van der Waals surface area contributed by atoms with Crippen molar-refractivity contribution in [2.24, 2.45) is 0 Å². The number of nitrogens with one attached hydrogen (secondary N) is 1. The van der Waals surface area contributed by atoms with E-state index in [1.165, 1.54) is 6.92 Å². The Morgan fingerprint density at radius 2 is 2.19 bits per heavy atom. The Kier molecular flexibility index (Phi) is 3.41. The molecule has 2 rings (SSSR count). The van der Waals surface area contributed by atoms with E-state index in [0.29, 0.717) is 6.61 Å². The van der Waals surface area contributed by atoms with Crippen molar-refractivity contribution in [3.63, 3.8) is 0 Å². The zero-order chi connectivity index (χ0) is 11.4. The molecular weight excluding hydrogens is 206 g/mol. The van der Waals surface area contributed by atoms with E-state index in [1.54, 1.807) is 0 Å². The van der Waals surface area contributed by atoms with Gasteiger partial charge in [-0.1, -0.05) is 0 Å². The fraction of sp³-hybridized carbons (Fsp3) is 0.417.